The van der Waals surface area contributed by atoms with Crippen LogP contribution in [-0.2, 0) is 4.79 Å². The molecule has 0 heterocycles. The molecule has 4 aliphatic rings. The zero-order chi connectivity index (χ0) is 22.0. The maximum absolute atomic E-state index is 11.5. The summed E-state index contributed by atoms with van der Waals surface area (Å²) in [7, 11) is 0. The van der Waals surface area contributed by atoms with Gasteiger partial charge in [0.15, 0.2) is 0 Å². The molecule has 4 rings (SSSR count). The number of hydrogen-bond donors (Lipinski definition) is 4. The van der Waals surface area contributed by atoms with Gasteiger partial charge < -0.3 is 30.3 Å². The Morgan fingerprint density at radius 1 is 0.967 bits per heavy atom. The van der Waals surface area contributed by atoms with Gasteiger partial charge in [0.2, 0.25) is 0 Å². The first-order valence-corrected chi connectivity index (χ1v) is 11.9. The van der Waals surface area contributed by atoms with E-state index in [9.17, 15) is 30.3 Å². The molecule has 0 bridgehead atoms. The highest BCUT2D eigenvalue weighted by Crippen LogP contribution is 2.68. The van der Waals surface area contributed by atoms with Gasteiger partial charge >= 0.3 is 0 Å². The normalized spacial score (nSPS) is 54.0. The molecular weight excluding hydrogens is 384 g/mol. The molecule has 0 aromatic rings. The minimum absolute atomic E-state index is 0.0269. The molecule has 12 atom stereocenters. The van der Waals surface area contributed by atoms with E-state index >= 15 is 0 Å². The van der Waals surface area contributed by atoms with E-state index in [0.29, 0.717) is 32.1 Å². The topological polar surface area (TPSA) is 121 Å². The zero-order valence-electron chi connectivity index (χ0n) is 18.5. The van der Waals surface area contributed by atoms with Crippen LogP contribution in [0.3, 0.4) is 0 Å². The summed E-state index contributed by atoms with van der Waals surface area (Å²) in [6.07, 6.45) is 2.40. The van der Waals surface area contributed by atoms with Gasteiger partial charge in [0.1, 0.15) is 0 Å². The largest absolute Gasteiger partial charge is 0.550 e. The highest BCUT2D eigenvalue weighted by molar-refractivity contribution is 5.64. The number of aliphatic carboxylic acids is 1. The Morgan fingerprint density at radius 3 is 2.30 bits per heavy atom. The number of aliphatic hydroxyl groups is 4. The molecule has 6 nitrogen and oxygen atoms in total. The summed E-state index contributed by atoms with van der Waals surface area (Å²) < 4.78 is 0. The minimum Gasteiger partial charge on any atom is -0.550 e. The summed E-state index contributed by atoms with van der Waals surface area (Å²) in [4.78, 5) is 11.0. The van der Waals surface area contributed by atoms with Gasteiger partial charge in [0.25, 0.3) is 0 Å². The third-order valence-corrected chi connectivity index (χ3v) is 10.4. The molecule has 4 saturated carbocycles. The van der Waals surface area contributed by atoms with E-state index in [1.807, 2.05) is 0 Å². The number of fused-ring (bicyclic) bond motifs is 5. The molecular formula is C24H39O6-. The van der Waals surface area contributed by atoms with Crippen LogP contribution in [0.2, 0.25) is 0 Å². The van der Waals surface area contributed by atoms with Gasteiger partial charge in [-0.25, -0.2) is 0 Å². The fourth-order valence-electron chi connectivity index (χ4n) is 8.75. The second kappa shape index (κ2) is 7.72. The summed E-state index contributed by atoms with van der Waals surface area (Å²) >= 11 is 0. The van der Waals surface area contributed by atoms with E-state index in [1.165, 1.54) is 0 Å². The Bertz CT molecular complexity index is 668. The molecule has 0 radical (unpaired) electrons. The van der Waals surface area contributed by atoms with Crippen molar-refractivity contribution in [2.45, 2.75) is 96.6 Å². The van der Waals surface area contributed by atoms with Crippen molar-refractivity contribution >= 4 is 5.97 Å². The molecule has 0 aromatic heterocycles. The summed E-state index contributed by atoms with van der Waals surface area (Å²) in [6, 6.07) is 0. The van der Waals surface area contributed by atoms with E-state index < -0.39 is 35.8 Å². The van der Waals surface area contributed by atoms with E-state index in [2.05, 4.69) is 20.8 Å². The smallest absolute Gasteiger partial charge is 0.0623 e. The molecule has 30 heavy (non-hydrogen) atoms. The lowest BCUT2D eigenvalue weighted by Gasteiger charge is -2.64. The fraction of sp³-hybridized carbons (Fsp3) is 0.958. The number of carbonyl (C=O) groups excluding carboxylic acids is 1. The van der Waals surface area contributed by atoms with Crippen LogP contribution < -0.4 is 5.11 Å². The van der Waals surface area contributed by atoms with Crippen LogP contribution in [0.1, 0.15) is 72.1 Å². The van der Waals surface area contributed by atoms with Crippen LogP contribution in [0.15, 0.2) is 0 Å². The number of carboxylic acid groups (broad SMARTS) is 1. The van der Waals surface area contributed by atoms with Crippen LogP contribution >= 0.6 is 0 Å². The first-order chi connectivity index (χ1) is 14.0. The SMILES string of the molecule is C[C@H](CCC(=O)[O-])[C@H]1CC[C@H]2[C@@H]3[C@H](O)C[C@@H]4C[C@H](O)C[C@@H](O)[C@]4(C)[C@H]3C[C@H](O)[C@]12C. The fourth-order valence-corrected chi connectivity index (χ4v) is 8.75. The Morgan fingerprint density at radius 2 is 1.63 bits per heavy atom. The first-order valence-electron chi connectivity index (χ1n) is 11.9. The van der Waals surface area contributed by atoms with Crippen molar-refractivity contribution in [1.82, 2.24) is 0 Å². The second-order valence-electron chi connectivity index (χ2n) is 11.5. The standard InChI is InChI=1S/C24H40O6/c1-12(4-7-21(29)30)15-5-6-16-22-17(11-20(28)24(15,16)3)23(2)13(9-18(22)26)8-14(25)10-19(23)27/h12-20,22,25-28H,4-11H2,1-3H3,(H,29,30)/p-1/t12-,13+,14+,15-,16+,17+,18-,19-,20+,22+,23+,24-/m1/s1. The lowest BCUT2D eigenvalue weighted by molar-refractivity contribution is -0.306. The third kappa shape index (κ3) is 3.16. The van der Waals surface area contributed by atoms with E-state index in [1.54, 1.807) is 0 Å². The number of hydrogen-bond acceptors (Lipinski definition) is 6. The van der Waals surface area contributed by atoms with Crippen molar-refractivity contribution in [3.63, 3.8) is 0 Å². The highest BCUT2D eigenvalue weighted by Gasteiger charge is 2.67. The monoisotopic (exact) mass is 423 g/mol. The molecule has 172 valence electrons. The van der Waals surface area contributed by atoms with Gasteiger partial charge in [0, 0.05) is 5.97 Å². The van der Waals surface area contributed by atoms with Crippen LogP contribution in [-0.4, -0.2) is 50.8 Å². The Balaban J connectivity index is 1.63. The van der Waals surface area contributed by atoms with E-state index in [0.717, 1.165) is 12.8 Å². The predicted octanol–water partition coefficient (Wildman–Crippen LogP) is 1.08. The Kier molecular flexibility index (Phi) is 5.79. The van der Waals surface area contributed by atoms with Crippen LogP contribution in [0.5, 0.6) is 0 Å². The number of rotatable bonds is 4. The molecule has 4 fully saturated rings. The summed E-state index contributed by atoms with van der Waals surface area (Å²) in [5, 5.41) is 54.9. The van der Waals surface area contributed by atoms with Crippen LogP contribution in [0.4, 0.5) is 0 Å². The van der Waals surface area contributed by atoms with Gasteiger partial charge in [-0.3, -0.25) is 0 Å². The molecule has 6 heteroatoms. The molecule has 0 aromatic carbocycles. The van der Waals surface area contributed by atoms with Gasteiger partial charge in [-0.05, 0) is 97.7 Å². The van der Waals surface area contributed by atoms with Crippen molar-refractivity contribution in [2.24, 2.45) is 46.3 Å². The molecule has 0 saturated heterocycles. The molecule has 0 unspecified atom stereocenters. The average Bonchev–Trinajstić information content (AvgIpc) is 3.01. The second-order valence-corrected chi connectivity index (χ2v) is 11.5. The van der Waals surface area contributed by atoms with E-state index in [-0.39, 0.29) is 47.3 Å². The molecule has 0 aliphatic heterocycles. The van der Waals surface area contributed by atoms with Crippen molar-refractivity contribution in [3.05, 3.63) is 0 Å². The van der Waals surface area contributed by atoms with Gasteiger partial charge in [-0.1, -0.05) is 20.8 Å². The summed E-state index contributed by atoms with van der Waals surface area (Å²) in [5.41, 5.74) is -0.750. The third-order valence-electron chi connectivity index (χ3n) is 10.4. The Hall–Kier alpha value is -0.690. The summed E-state index contributed by atoms with van der Waals surface area (Å²) in [6.45, 7) is 6.34. The number of carbonyl (C=O) groups is 1. The molecule has 4 N–H and O–H groups in total. The van der Waals surface area contributed by atoms with E-state index in [4.69, 9.17) is 0 Å². The number of aliphatic hydroxyl groups excluding tert-OH is 4. The van der Waals surface area contributed by atoms with Gasteiger partial charge in [-0.15, -0.1) is 0 Å². The first kappa shape index (κ1) is 22.5. The van der Waals surface area contributed by atoms with Gasteiger partial charge in [-0.2, -0.15) is 0 Å². The number of carboxylic acids is 1. The molecule has 4 aliphatic carbocycles. The van der Waals surface area contributed by atoms with Crippen molar-refractivity contribution in [3.8, 4) is 0 Å². The Labute approximate surface area is 179 Å². The lowest BCUT2D eigenvalue weighted by atomic mass is 9.42. The van der Waals surface area contributed by atoms with Crippen LogP contribution in [0.25, 0.3) is 0 Å². The zero-order valence-corrected chi connectivity index (χ0v) is 18.5. The quantitative estimate of drug-likeness (QED) is 0.537. The van der Waals surface area contributed by atoms with Gasteiger partial charge in [0.05, 0.1) is 24.4 Å². The van der Waals surface area contributed by atoms with Crippen LogP contribution in [0, 0.1) is 46.3 Å². The molecule has 0 spiro atoms. The lowest BCUT2D eigenvalue weighted by Crippen LogP contribution is -2.65. The minimum atomic E-state index is -1.03. The van der Waals surface area contributed by atoms with Crippen molar-refractivity contribution in [2.75, 3.05) is 0 Å². The van der Waals surface area contributed by atoms with Crippen molar-refractivity contribution < 1.29 is 30.3 Å². The highest BCUT2D eigenvalue weighted by atomic mass is 16.4. The molecule has 0 amide bonds. The summed E-state index contributed by atoms with van der Waals surface area (Å²) in [5.74, 6) is -0.364. The maximum Gasteiger partial charge on any atom is 0.0623 e. The average molecular weight is 424 g/mol. The maximum atomic E-state index is 11.5. The predicted molar refractivity (Wildman–Crippen MR) is 109 cm³/mol. The van der Waals surface area contributed by atoms with Crippen molar-refractivity contribution in [1.29, 1.82) is 0 Å².